The first-order valence-corrected chi connectivity index (χ1v) is 10.2. The molecule has 6 heteroatoms. The molecule has 0 aromatic carbocycles. The van der Waals surface area contributed by atoms with E-state index in [-0.39, 0.29) is 5.92 Å². The molecule has 2 aliphatic rings. The second-order valence-corrected chi connectivity index (χ2v) is 8.03. The van der Waals surface area contributed by atoms with Crippen molar-refractivity contribution in [1.29, 1.82) is 0 Å². The Morgan fingerprint density at radius 3 is 2.80 bits per heavy atom. The average molecular weight is 359 g/mol. The predicted octanol–water partition coefficient (Wildman–Crippen LogP) is 3.06. The Labute approximate surface area is 153 Å². The largest absolute Gasteiger partial charge is 0.337 e. The van der Waals surface area contributed by atoms with Gasteiger partial charge in [0.2, 0.25) is 5.91 Å². The van der Waals surface area contributed by atoms with Crippen LogP contribution in [0.25, 0.3) is 0 Å². The van der Waals surface area contributed by atoms with Crippen molar-refractivity contribution in [3.63, 3.8) is 0 Å². The van der Waals surface area contributed by atoms with E-state index in [1.54, 1.807) is 11.3 Å². The molecule has 0 saturated carbocycles. The summed E-state index contributed by atoms with van der Waals surface area (Å²) in [6.07, 6.45) is 8.02. The Morgan fingerprint density at radius 2 is 2.12 bits per heavy atom. The molecule has 2 aromatic rings. The number of aryl methyl sites for hydroxylation is 1. The molecule has 4 heterocycles. The van der Waals surface area contributed by atoms with Crippen molar-refractivity contribution < 1.29 is 4.79 Å². The number of amides is 1. The van der Waals surface area contributed by atoms with Gasteiger partial charge in [-0.05, 0) is 61.2 Å². The number of likely N-dealkylation sites (tertiary alicyclic amines) is 2. The van der Waals surface area contributed by atoms with Gasteiger partial charge in [-0.25, -0.2) is 4.98 Å². The summed E-state index contributed by atoms with van der Waals surface area (Å²) < 4.78 is 2.08. The van der Waals surface area contributed by atoms with Crippen molar-refractivity contribution >= 4 is 17.2 Å². The Bertz CT molecular complexity index is 703. The van der Waals surface area contributed by atoms with Gasteiger partial charge >= 0.3 is 0 Å². The zero-order valence-corrected chi connectivity index (χ0v) is 15.6. The van der Waals surface area contributed by atoms with E-state index in [4.69, 9.17) is 0 Å². The van der Waals surface area contributed by atoms with Gasteiger partial charge in [0.05, 0.1) is 12.6 Å². The molecule has 2 aromatic heterocycles. The van der Waals surface area contributed by atoms with Crippen LogP contribution in [0, 0.1) is 5.92 Å². The van der Waals surface area contributed by atoms with Gasteiger partial charge in [0, 0.05) is 31.9 Å². The number of rotatable bonds is 4. The third-order valence-corrected chi connectivity index (χ3v) is 6.39. The smallest absolute Gasteiger partial charge is 0.226 e. The number of carbonyl (C=O) groups is 1. The number of piperidine rings is 1. The zero-order valence-electron chi connectivity index (χ0n) is 14.8. The second-order valence-electron chi connectivity index (χ2n) is 7.25. The van der Waals surface area contributed by atoms with Gasteiger partial charge in [0.1, 0.15) is 5.82 Å². The number of hydrogen-bond acceptors (Lipinski definition) is 4. The molecule has 5 nitrogen and oxygen atoms in total. The Hall–Kier alpha value is -1.66. The van der Waals surface area contributed by atoms with Crippen LogP contribution in [-0.4, -0.2) is 44.9 Å². The summed E-state index contributed by atoms with van der Waals surface area (Å²) in [6.45, 7) is 3.78. The van der Waals surface area contributed by atoms with Crippen molar-refractivity contribution in [1.82, 2.24) is 19.4 Å². The predicted molar refractivity (Wildman–Crippen MR) is 99.2 cm³/mol. The fourth-order valence-corrected chi connectivity index (χ4v) is 4.87. The summed E-state index contributed by atoms with van der Waals surface area (Å²) in [6, 6.07) is 2.49. The molecule has 1 amide bonds. The van der Waals surface area contributed by atoms with Crippen LogP contribution in [0.4, 0.5) is 0 Å². The summed E-state index contributed by atoms with van der Waals surface area (Å²) in [5.74, 6) is 1.67. The molecule has 0 aliphatic carbocycles. The molecule has 2 aliphatic heterocycles. The number of thiophene rings is 1. The molecule has 1 atom stereocenters. The van der Waals surface area contributed by atoms with E-state index in [1.807, 2.05) is 19.4 Å². The van der Waals surface area contributed by atoms with Gasteiger partial charge in [-0.2, -0.15) is 11.3 Å². The third-order valence-electron chi connectivity index (χ3n) is 5.69. The number of hydrogen-bond donors (Lipinski definition) is 0. The van der Waals surface area contributed by atoms with E-state index in [0.717, 1.165) is 57.7 Å². The lowest BCUT2D eigenvalue weighted by Crippen LogP contribution is -2.42. The third kappa shape index (κ3) is 3.51. The quantitative estimate of drug-likeness (QED) is 0.843. The molecule has 0 bridgehead atoms. The summed E-state index contributed by atoms with van der Waals surface area (Å²) in [4.78, 5) is 22.1. The Balaban J connectivity index is 1.34. The molecule has 2 fully saturated rings. The molecule has 0 radical (unpaired) electrons. The molecule has 134 valence electrons. The normalized spacial score (nSPS) is 22.6. The first-order chi connectivity index (χ1) is 12.2. The number of aromatic nitrogens is 2. The Kier molecular flexibility index (Phi) is 4.90. The highest BCUT2D eigenvalue weighted by atomic mass is 32.1. The minimum absolute atomic E-state index is 0.192. The van der Waals surface area contributed by atoms with Crippen molar-refractivity contribution in [2.75, 3.05) is 19.6 Å². The summed E-state index contributed by atoms with van der Waals surface area (Å²) in [5, 5.41) is 4.32. The van der Waals surface area contributed by atoms with Gasteiger partial charge in [0.15, 0.2) is 0 Å². The maximum absolute atomic E-state index is 13.1. The van der Waals surface area contributed by atoms with Crippen LogP contribution in [0.1, 0.15) is 43.1 Å². The molecule has 0 spiro atoms. The maximum atomic E-state index is 13.1. The summed E-state index contributed by atoms with van der Waals surface area (Å²) >= 11 is 1.73. The van der Waals surface area contributed by atoms with Crippen LogP contribution < -0.4 is 0 Å². The van der Waals surface area contributed by atoms with E-state index < -0.39 is 0 Å². The van der Waals surface area contributed by atoms with Gasteiger partial charge in [-0.15, -0.1) is 0 Å². The lowest BCUT2D eigenvalue weighted by molar-refractivity contribution is -0.138. The average Bonchev–Trinajstić information content (AvgIpc) is 3.37. The summed E-state index contributed by atoms with van der Waals surface area (Å²) in [5.41, 5.74) is 1.32. The van der Waals surface area contributed by atoms with E-state index in [2.05, 4.69) is 36.2 Å². The second kappa shape index (κ2) is 7.30. The van der Waals surface area contributed by atoms with Crippen molar-refractivity contribution in [3.8, 4) is 0 Å². The highest BCUT2D eigenvalue weighted by Crippen LogP contribution is 2.35. The number of nitrogens with zero attached hydrogens (tertiary/aromatic N) is 4. The highest BCUT2D eigenvalue weighted by molar-refractivity contribution is 7.07. The van der Waals surface area contributed by atoms with Crippen LogP contribution in [0.5, 0.6) is 0 Å². The maximum Gasteiger partial charge on any atom is 0.226 e. The fourth-order valence-electron chi connectivity index (χ4n) is 4.16. The van der Waals surface area contributed by atoms with Gasteiger partial charge < -0.3 is 9.47 Å². The van der Waals surface area contributed by atoms with Crippen LogP contribution in [0.2, 0.25) is 0 Å². The molecule has 0 N–H and O–H groups in total. The van der Waals surface area contributed by atoms with Crippen LogP contribution in [-0.2, 0) is 18.4 Å². The molecular weight excluding hydrogens is 332 g/mol. The van der Waals surface area contributed by atoms with Crippen molar-refractivity contribution in [3.05, 3.63) is 40.6 Å². The SMILES string of the molecule is Cn1ccnc1CN1CCC(C(=O)N2CCCC2c2ccsc2)CC1. The number of carbonyl (C=O) groups excluding carboxylic acids is 1. The lowest BCUT2D eigenvalue weighted by Gasteiger charge is -2.34. The number of imidazole rings is 1. The van der Waals surface area contributed by atoms with Gasteiger partial charge in [-0.3, -0.25) is 9.69 Å². The molecule has 25 heavy (non-hydrogen) atoms. The molecule has 2 saturated heterocycles. The van der Waals surface area contributed by atoms with Crippen LogP contribution >= 0.6 is 11.3 Å². The Morgan fingerprint density at radius 1 is 1.28 bits per heavy atom. The first kappa shape index (κ1) is 16.8. The molecule has 4 rings (SSSR count). The van der Waals surface area contributed by atoms with E-state index in [1.165, 1.54) is 5.56 Å². The fraction of sp³-hybridized carbons (Fsp3) is 0.579. The highest BCUT2D eigenvalue weighted by Gasteiger charge is 2.35. The van der Waals surface area contributed by atoms with Crippen molar-refractivity contribution in [2.45, 2.75) is 38.3 Å². The van der Waals surface area contributed by atoms with Crippen LogP contribution in [0.15, 0.2) is 29.2 Å². The van der Waals surface area contributed by atoms with Gasteiger partial charge in [-0.1, -0.05) is 0 Å². The zero-order chi connectivity index (χ0) is 17.2. The van der Waals surface area contributed by atoms with E-state index >= 15 is 0 Å². The minimum Gasteiger partial charge on any atom is -0.337 e. The van der Waals surface area contributed by atoms with Crippen LogP contribution in [0.3, 0.4) is 0 Å². The molecular formula is C19H26N4OS. The summed E-state index contributed by atoms with van der Waals surface area (Å²) in [7, 11) is 2.04. The topological polar surface area (TPSA) is 41.4 Å². The first-order valence-electron chi connectivity index (χ1n) is 9.23. The van der Waals surface area contributed by atoms with Gasteiger partial charge in [0.25, 0.3) is 0 Å². The van der Waals surface area contributed by atoms with E-state index in [9.17, 15) is 4.79 Å². The van der Waals surface area contributed by atoms with Crippen molar-refractivity contribution in [2.24, 2.45) is 13.0 Å². The minimum atomic E-state index is 0.192. The van der Waals surface area contributed by atoms with E-state index in [0.29, 0.717) is 11.9 Å². The standard InChI is InChI=1S/C19H26N4OS/c1-21-11-7-20-18(21)13-22-9-4-15(5-10-22)19(24)23-8-2-3-17(23)16-6-12-25-14-16/h6-7,11-12,14-15,17H,2-5,8-10,13H2,1H3. The molecule has 1 unspecified atom stereocenters. The lowest BCUT2D eigenvalue weighted by atomic mass is 9.94. The monoisotopic (exact) mass is 358 g/mol.